The van der Waals surface area contributed by atoms with E-state index in [4.69, 9.17) is 4.74 Å². The molecule has 0 spiro atoms. The van der Waals surface area contributed by atoms with Crippen LogP contribution < -0.4 is 4.74 Å². The molecule has 0 N–H and O–H groups in total. The van der Waals surface area contributed by atoms with Crippen LogP contribution in [0.4, 0.5) is 0 Å². The molecule has 118 valence electrons. The number of hydrogen-bond donors (Lipinski definition) is 0. The van der Waals surface area contributed by atoms with Crippen LogP contribution >= 0.6 is 12.4 Å². The Morgan fingerprint density at radius 3 is 2.95 bits per heavy atom. The van der Waals surface area contributed by atoms with Crippen molar-refractivity contribution in [3.8, 4) is 5.75 Å². The Balaban J connectivity index is 0.00000176. The van der Waals surface area contributed by atoms with Crippen LogP contribution in [0.5, 0.6) is 5.75 Å². The van der Waals surface area contributed by atoms with Crippen LogP contribution in [0.1, 0.15) is 18.4 Å². The van der Waals surface area contributed by atoms with E-state index in [1.54, 1.807) is 0 Å². The van der Waals surface area contributed by atoms with Crippen molar-refractivity contribution in [1.82, 2.24) is 9.88 Å². The van der Waals surface area contributed by atoms with Crippen LogP contribution in [0.2, 0.25) is 0 Å². The summed E-state index contributed by atoms with van der Waals surface area (Å²) in [7, 11) is 0. The van der Waals surface area contributed by atoms with E-state index in [0.717, 1.165) is 37.4 Å². The normalized spacial score (nSPS) is 14.8. The maximum Gasteiger partial charge on any atom is 0.145 e. The number of aromatic nitrogens is 1. The van der Waals surface area contributed by atoms with Crippen LogP contribution in [0.15, 0.2) is 42.6 Å². The lowest BCUT2D eigenvalue weighted by atomic mass is 10.1. The second-order valence-electron chi connectivity index (χ2n) is 5.54. The van der Waals surface area contributed by atoms with Crippen molar-refractivity contribution in [2.75, 3.05) is 26.2 Å². The minimum atomic E-state index is 0. The maximum absolute atomic E-state index is 5.96. The number of halogens is 1. The van der Waals surface area contributed by atoms with E-state index in [1.807, 2.05) is 18.3 Å². The lowest BCUT2D eigenvalue weighted by Crippen LogP contribution is -2.29. The van der Waals surface area contributed by atoms with Crippen LogP contribution in [0.25, 0.3) is 10.9 Å². The van der Waals surface area contributed by atoms with E-state index in [-0.39, 0.29) is 12.4 Å². The SMILES string of the molecule is Cc1ccc(OCCCN2CC=CCC2)c2ncccc12.Cl. The van der Waals surface area contributed by atoms with Gasteiger partial charge in [0.15, 0.2) is 0 Å². The average molecular weight is 319 g/mol. The third-order valence-electron chi connectivity index (χ3n) is 3.97. The van der Waals surface area contributed by atoms with E-state index in [1.165, 1.54) is 23.9 Å². The van der Waals surface area contributed by atoms with Crippen molar-refractivity contribution in [1.29, 1.82) is 0 Å². The van der Waals surface area contributed by atoms with Gasteiger partial charge in [0.05, 0.1) is 6.61 Å². The van der Waals surface area contributed by atoms with Crippen LogP contribution in [0, 0.1) is 6.92 Å². The first kappa shape index (κ1) is 16.8. The molecule has 1 aromatic heterocycles. The third-order valence-corrected chi connectivity index (χ3v) is 3.97. The van der Waals surface area contributed by atoms with Gasteiger partial charge in [0.25, 0.3) is 0 Å². The van der Waals surface area contributed by atoms with E-state index in [2.05, 4.69) is 41.1 Å². The monoisotopic (exact) mass is 318 g/mol. The molecule has 3 nitrogen and oxygen atoms in total. The van der Waals surface area contributed by atoms with Gasteiger partial charge >= 0.3 is 0 Å². The van der Waals surface area contributed by atoms with Crippen molar-refractivity contribution >= 4 is 23.3 Å². The second-order valence-corrected chi connectivity index (χ2v) is 5.54. The topological polar surface area (TPSA) is 25.4 Å². The highest BCUT2D eigenvalue weighted by Gasteiger charge is 2.07. The molecule has 0 bridgehead atoms. The number of nitrogens with zero attached hydrogens (tertiary/aromatic N) is 2. The molecule has 0 fully saturated rings. The first-order valence-electron chi connectivity index (χ1n) is 7.69. The standard InChI is InChI=1S/C18H22N2O.ClH/c1-15-8-9-17(18-16(15)7-5-10-19-18)21-14-6-13-20-11-3-2-4-12-20;/h2-3,5,7-10H,4,6,11-14H2,1H3;1H. The van der Waals surface area contributed by atoms with Gasteiger partial charge in [-0.1, -0.05) is 24.3 Å². The van der Waals surface area contributed by atoms with E-state index in [9.17, 15) is 0 Å². The molecule has 0 unspecified atom stereocenters. The predicted octanol–water partition coefficient (Wildman–Crippen LogP) is 4.00. The van der Waals surface area contributed by atoms with Gasteiger partial charge in [-0.25, -0.2) is 0 Å². The minimum Gasteiger partial charge on any atom is -0.491 e. The molecule has 3 rings (SSSR count). The summed E-state index contributed by atoms with van der Waals surface area (Å²) in [5, 5.41) is 1.18. The van der Waals surface area contributed by atoms with E-state index >= 15 is 0 Å². The molecule has 0 aliphatic carbocycles. The Hall–Kier alpha value is -1.58. The number of pyridine rings is 1. The third kappa shape index (κ3) is 3.99. The van der Waals surface area contributed by atoms with E-state index in [0.29, 0.717) is 0 Å². The van der Waals surface area contributed by atoms with Crippen LogP contribution in [-0.4, -0.2) is 36.1 Å². The lowest BCUT2D eigenvalue weighted by molar-refractivity contribution is 0.248. The highest BCUT2D eigenvalue weighted by Crippen LogP contribution is 2.26. The molecule has 0 saturated carbocycles. The molecule has 22 heavy (non-hydrogen) atoms. The first-order valence-corrected chi connectivity index (χ1v) is 7.69. The molecule has 0 amide bonds. The number of hydrogen-bond acceptors (Lipinski definition) is 3. The molecule has 1 aliphatic heterocycles. The van der Waals surface area contributed by atoms with Gasteiger partial charge in [-0.2, -0.15) is 0 Å². The highest BCUT2D eigenvalue weighted by atomic mass is 35.5. The molecule has 0 saturated heterocycles. The average Bonchev–Trinajstić information content (AvgIpc) is 2.55. The second kappa shape index (κ2) is 8.16. The quantitative estimate of drug-likeness (QED) is 0.615. The fraction of sp³-hybridized carbons (Fsp3) is 0.389. The Labute approximate surface area is 138 Å². The number of aryl methyl sites for hydroxylation is 1. The summed E-state index contributed by atoms with van der Waals surface area (Å²) in [5.74, 6) is 0.898. The largest absolute Gasteiger partial charge is 0.491 e. The smallest absolute Gasteiger partial charge is 0.145 e. The van der Waals surface area contributed by atoms with Gasteiger partial charge in [0, 0.05) is 31.2 Å². The van der Waals surface area contributed by atoms with Gasteiger partial charge in [0.1, 0.15) is 11.3 Å². The Morgan fingerprint density at radius 1 is 1.23 bits per heavy atom. The van der Waals surface area contributed by atoms with Crippen molar-refractivity contribution in [2.45, 2.75) is 19.8 Å². The zero-order valence-corrected chi connectivity index (χ0v) is 13.8. The van der Waals surface area contributed by atoms with Crippen molar-refractivity contribution < 1.29 is 4.74 Å². The molecule has 4 heteroatoms. The molecular weight excluding hydrogens is 296 g/mol. The van der Waals surface area contributed by atoms with Crippen molar-refractivity contribution in [2.24, 2.45) is 0 Å². The molecule has 0 atom stereocenters. The summed E-state index contributed by atoms with van der Waals surface area (Å²) in [6.45, 7) is 6.20. The fourth-order valence-corrected chi connectivity index (χ4v) is 2.77. The highest BCUT2D eigenvalue weighted by molar-refractivity contribution is 5.87. The zero-order chi connectivity index (χ0) is 14.5. The number of rotatable bonds is 5. The Morgan fingerprint density at radius 2 is 2.14 bits per heavy atom. The predicted molar refractivity (Wildman–Crippen MR) is 94.0 cm³/mol. The summed E-state index contributed by atoms with van der Waals surface area (Å²) >= 11 is 0. The first-order chi connectivity index (χ1) is 10.3. The van der Waals surface area contributed by atoms with Crippen molar-refractivity contribution in [3.05, 3.63) is 48.2 Å². The summed E-state index contributed by atoms with van der Waals surface area (Å²) < 4.78 is 5.96. The van der Waals surface area contributed by atoms with Crippen LogP contribution in [-0.2, 0) is 0 Å². The molecule has 0 radical (unpaired) electrons. The lowest BCUT2D eigenvalue weighted by Gasteiger charge is -2.22. The summed E-state index contributed by atoms with van der Waals surface area (Å²) in [5.41, 5.74) is 2.21. The van der Waals surface area contributed by atoms with Gasteiger partial charge in [-0.3, -0.25) is 9.88 Å². The van der Waals surface area contributed by atoms with E-state index < -0.39 is 0 Å². The molecule has 2 heterocycles. The molecule has 1 aliphatic rings. The molecule has 1 aromatic carbocycles. The number of benzene rings is 1. The van der Waals surface area contributed by atoms with Gasteiger partial charge in [0.2, 0.25) is 0 Å². The molecular formula is C18H23ClN2O. The zero-order valence-electron chi connectivity index (χ0n) is 13.0. The summed E-state index contributed by atoms with van der Waals surface area (Å²) in [6, 6.07) is 8.22. The van der Waals surface area contributed by atoms with Crippen LogP contribution in [0.3, 0.4) is 0 Å². The Bertz CT molecular complexity index is 642. The fourth-order valence-electron chi connectivity index (χ4n) is 2.77. The minimum absolute atomic E-state index is 0. The maximum atomic E-state index is 5.96. The van der Waals surface area contributed by atoms with Crippen molar-refractivity contribution in [3.63, 3.8) is 0 Å². The Kier molecular flexibility index (Phi) is 6.22. The van der Waals surface area contributed by atoms with Gasteiger partial charge in [-0.05, 0) is 37.5 Å². The van der Waals surface area contributed by atoms with Gasteiger partial charge < -0.3 is 4.74 Å². The molecule has 2 aromatic rings. The number of fused-ring (bicyclic) bond motifs is 1. The van der Waals surface area contributed by atoms with Gasteiger partial charge in [-0.15, -0.1) is 12.4 Å². The summed E-state index contributed by atoms with van der Waals surface area (Å²) in [6.07, 6.45) is 8.57. The number of ether oxygens (including phenoxy) is 1. The summed E-state index contributed by atoms with van der Waals surface area (Å²) in [4.78, 5) is 6.93.